The van der Waals surface area contributed by atoms with Gasteiger partial charge in [0.2, 0.25) is 22.3 Å². The van der Waals surface area contributed by atoms with E-state index in [0.29, 0.717) is 36.4 Å². The van der Waals surface area contributed by atoms with Gasteiger partial charge in [-0.05, 0) is 48.5 Å². The van der Waals surface area contributed by atoms with Crippen LogP contribution in [0.2, 0.25) is 0 Å². The Kier molecular flexibility index (Phi) is 6.48. The molecule has 3 rings (SSSR count). The zero-order valence-electron chi connectivity index (χ0n) is 16.4. The number of hydrogen-bond donors (Lipinski definition) is 2. The number of sulfonamides is 1. The molecule has 2 aromatic carbocycles. The van der Waals surface area contributed by atoms with Crippen molar-refractivity contribution in [1.82, 2.24) is 9.21 Å². The molecule has 0 bridgehead atoms. The molecular formula is C20H22N4O5S. The van der Waals surface area contributed by atoms with Crippen molar-refractivity contribution in [3.8, 4) is 0 Å². The monoisotopic (exact) mass is 430 g/mol. The maximum Gasteiger partial charge on any atom is 0.255 e. The molecule has 0 atom stereocenters. The van der Waals surface area contributed by atoms with Gasteiger partial charge in [0.25, 0.3) is 5.91 Å². The first-order chi connectivity index (χ1) is 14.3. The van der Waals surface area contributed by atoms with Gasteiger partial charge in [-0.3, -0.25) is 14.4 Å². The Hall–Kier alpha value is -3.24. The third-order valence-electron chi connectivity index (χ3n) is 4.64. The number of nitrogens with zero attached hydrogens (tertiary/aromatic N) is 2. The van der Waals surface area contributed by atoms with Gasteiger partial charge in [-0.15, -0.1) is 0 Å². The third kappa shape index (κ3) is 5.02. The average molecular weight is 430 g/mol. The largest absolute Gasteiger partial charge is 0.343 e. The van der Waals surface area contributed by atoms with Crippen LogP contribution in [-0.2, 0) is 19.6 Å². The number of carbonyl (C=O) groups is 3. The first kappa shape index (κ1) is 21.5. The summed E-state index contributed by atoms with van der Waals surface area (Å²) >= 11 is 0. The summed E-state index contributed by atoms with van der Waals surface area (Å²) in [5.74, 6) is -0.571. The zero-order chi connectivity index (χ0) is 21.7. The Morgan fingerprint density at radius 3 is 1.90 bits per heavy atom. The zero-order valence-corrected chi connectivity index (χ0v) is 17.2. The lowest BCUT2D eigenvalue weighted by Gasteiger charge is -2.31. The Morgan fingerprint density at radius 2 is 1.40 bits per heavy atom. The molecule has 1 fully saturated rings. The van der Waals surface area contributed by atoms with Crippen molar-refractivity contribution in [3.05, 3.63) is 54.1 Å². The van der Waals surface area contributed by atoms with Crippen LogP contribution < -0.4 is 10.6 Å². The fourth-order valence-electron chi connectivity index (χ4n) is 3.02. The number of anilines is 2. The molecule has 0 radical (unpaired) electrons. The molecule has 2 aromatic rings. The molecule has 1 aliphatic rings. The fourth-order valence-corrected chi connectivity index (χ4v) is 4.44. The highest BCUT2D eigenvalue weighted by Gasteiger charge is 2.28. The fraction of sp³-hybridized carbons (Fsp3) is 0.250. The van der Waals surface area contributed by atoms with Crippen molar-refractivity contribution in [2.75, 3.05) is 36.8 Å². The quantitative estimate of drug-likeness (QED) is 0.672. The maximum atomic E-state index is 12.8. The standard InChI is InChI=1S/C20H22N4O5S/c1-15(26)21-17-4-6-18(7-5-17)22-20(27)16-2-8-19(9-3-16)30(28,29)24-12-10-23(14-25)11-13-24/h2-9,14H,10-13H2,1H3,(H,21,26)(H,22,27). The lowest BCUT2D eigenvalue weighted by Crippen LogP contribution is -2.47. The molecule has 0 saturated carbocycles. The molecule has 1 saturated heterocycles. The second kappa shape index (κ2) is 9.06. The molecule has 1 aliphatic heterocycles. The summed E-state index contributed by atoms with van der Waals surface area (Å²) in [6.07, 6.45) is 0.713. The van der Waals surface area contributed by atoms with Crippen LogP contribution in [0, 0.1) is 0 Å². The third-order valence-corrected chi connectivity index (χ3v) is 6.55. The van der Waals surface area contributed by atoms with Crippen LogP contribution in [0.5, 0.6) is 0 Å². The van der Waals surface area contributed by atoms with Gasteiger partial charge in [0.15, 0.2) is 0 Å². The smallest absolute Gasteiger partial charge is 0.255 e. The number of piperazine rings is 1. The van der Waals surface area contributed by atoms with Crippen LogP contribution in [0.1, 0.15) is 17.3 Å². The van der Waals surface area contributed by atoms with E-state index in [0.717, 1.165) is 0 Å². The highest BCUT2D eigenvalue weighted by molar-refractivity contribution is 7.89. The minimum absolute atomic E-state index is 0.0956. The molecule has 9 nitrogen and oxygen atoms in total. The highest BCUT2D eigenvalue weighted by Crippen LogP contribution is 2.19. The van der Waals surface area contributed by atoms with Crippen molar-refractivity contribution in [3.63, 3.8) is 0 Å². The second-order valence-corrected chi connectivity index (χ2v) is 8.72. The van der Waals surface area contributed by atoms with Gasteiger partial charge in [0, 0.05) is 50.0 Å². The normalized spacial score (nSPS) is 14.8. The van der Waals surface area contributed by atoms with Gasteiger partial charge in [-0.25, -0.2) is 8.42 Å². The van der Waals surface area contributed by atoms with Crippen LogP contribution in [0.4, 0.5) is 11.4 Å². The maximum absolute atomic E-state index is 12.8. The number of benzene rings is 2. The van der Waals surface area contributed by atoms with E-state index >= 15 is 0 Å². The van der Waals surface area contributed by atoms with Crippen molar-refractivity contribution >= 4 is 39.6 Å². The van der Waals surface area contributed by atoms with E-state index in [1.807, 2.05) is 0 Å². The van der Waals surface area contributed by atoms with E-state index in [4.69, 9.17) is 0 Å². The van der Waals surface area contributed by atoms with Crippen LogP contribution >= 0.6 is 0 Å². The van der Waals surface area contributed by atoms with Gasteiger partial charge in [-0.2, -0.15) is 4.31 Å². The van der Waals surface area contributed by atoms with Gasteiger partial charge in [0.05, 0.1) is 4.90 Å². The summed E-state index contributed by atoms with van der Waals surface area (Å²) < 4.78 is 26.8. The summed E-state index contributed by atoms with van der Waals surface area (Å²) in [5.41, 5.74) is 1.47. The Labute approximate surface area is 174 Å². The average Bonchev–Trinajstić information content (AvgIpc) is 2.75. The Morgan fingerprint density at radius 1 is 0.867 bits per heavy atom. The van der Waals surface area contributed by atoms with Gasteiger partial charge in [0.1, 0.15) is 0 Å². The summed E-state index contributed by atoms with van der Waals surface area (Å²) in [4.78, 5) is 35.9. The van der Waals surface area contributed by atoms with Gasteiger partial charge >= 0.3 is 0 Å². The van der Waals surface area contributed by atoms with Crippen molar-refractivity contribution in [1.29, 1.82) is 0 Å². The van der Waals surface area contributed by atoms with E-state index in [-0.39, 0.29) is 29.8 Å². The molecular weight excluding hydrogens is 408 g/mol. The number of amides is 3. The Balaban J connectivity index is 1.65. The predicted octanol–water partition coefficient (Wildman–Crippen LogP) is 1.36. The molecule has 10 heteroatoms. The molecule has 0 aliphatic carbocycles. The van der Waals surface area contributed by atoms with E-state index in [2.05, 4.69) is 10.6 Å². The van der Waals surface area contributed by atoms with Crippen LogP contribution in [0.25, 0.3) is 0 Å². The second-order valence-electron chi connectivity index (χ2n) is 6.78. The number of nitrogens with one attached hydrogen (secondary N) is 2. The minimum atomic E-state index is -3.69. The first-order valence-corrected chi connectivity index (χ1v) is 10.7. The predicted molar refractivity (Wildman–Crippen MR) is 112 cm³/mol. The summed E-state index contributed by atoms with van der Waals surface area (Å²) in [6.45, 7) is 2.58. The molecule has 3 amide bonds. The molecule has 0 spiro atoms. The lowest BCUT2D eigenvalue weighted by atomic mass is 10.2. The van der Waals surface area contributed by atoms with E-state index < -0.39 is 10.0 Å². The van der Waals surface area contributed by atoms with Crippen LogP contribution in [0.15, 0.2) is 53.4 Å². The molecule has 0 unspecified atom stereocenters. The van der Waals surface area contributed by atoms with Crippen molar-refractivity contribution < 1.29 is 22.8 Å². The van der Waals surface area contributed by atoms with Crippen LogP contribution in [0.3, 0.4) is 0 Å². The first-order valence-electron chi connectivity index (χ1n) is 9.28. The van der Waals surface area contributed by atoms with Crippen LogP contribution in [-0.4, -0.2) is 62.0 Å². The van der Waals surface area contributed by atoms with Crippen molar-refractivity contribution in [2.45, 2.75) is 11.8 Å². The number of hydrogen-bond acceptors (Lipinski definition) is 5. The summed E-state index contributed by atoms with van der Waals surface area (Å²) in [6, 6.07) is 12.3. The Bertz CT molecular complexity index is 1030. The molecule has 0 aromatic heterocycles. The number of carbonyl (C=O) groups excluding carboxylic acids is 3. The van der Waals surface area contributed by atoms with E-state index in [1.165, 1.54) is 40.4 Å². The number of rotatable bonds is 6. The molecule has 2 N–H and O–H groups in total. The highest BCUT2D eigenvalue weighted by atomic mass is 32.2. The van der Waals surface area contributed by atoms with Gasteiger partial charge < -0.3 is 15.5 Å². The topological polar surface area (TPSA) is 116 Å². The molecule has 30 heavy (non-hydrogen) atoms. The molecule has 158 valence electrons. The van der Waals surface area contributed by atoms with E-state index in [1.54, 1.807) is 24.3 Å². The lowest BCUT2D eigenvalue weighted by molar-refractivity contribution is -0.119. The van der Waals surface area contributed by atoms with Gasteiger partial charge in [-0.1, -0.05) is 0 Å². The summed E-state index contributed by atoms with van der Waals surface area (Å²) in [5, 5.41) is 5.36. The SMILES string of the molecule is CC(=O)Nc1ccc(NC(=O)c2ccc(S(=O)(=O)N3CCN(C=O)CC3)cc2)cc1. The molecule has 1 heterocycles. The summed E-state index contributed by atoms with van der Waals surface area (Å²) in [7, 11) is -3.69. The van der Waals surface area contributed by atoms with Crippen molar-refractivity contribution in [2.24, 2.45) is 0 Å². The van der Waals surface area contributed by atoms with E-state index in [9.17, 15) is 22.8 Å². The minimum Gasteiger partial charge on any atom is -0.343 e.